The fourth-order valence-electron chi connectivity index (χ4n) is 1.88. The highest BCUT2D eigenvalue weighted by Gasteiger charge is 2.21. The van der Waals surface area contributed by atoms with E-state index in [0.29, 0.717) is 5.69 Å². The number of rotatable bonds is 4. The number of nitrogen functional groups attached to an aromatic ring is 1. The van der Waals surface area contributed by atoms with Gasteiger partial charge in [-0.3, -0.25) is 0 Å². The standard InChI is InChI=1S/C14H13ClFNO3S/c1-20-12-4-2-3-9(14(12)16)8-21(18,19)13-6-5-10(17)7-11(13)15/h2-7H,8,17H2,1H3. The molecule has 2 aromatic carbocycles. The summed E-state index contributed by atoms with van der Waals surface area (Å²) in [5.41, 5.74) is 5.90. The number of anilines is 1. The topological polar surface area (TPSA) is 69.4 Å². The molecule has 4 nitrogen and oxygen atoms in total. The summed E-state index contributed by atoms with van der Waals surface area (Å²) in [4.78, 5) is -0.0828. The number of hydrogen-bond acceptors (Lipinski definition) is 4. The molecule has 2 N–H and O–H groups in total. The third-order valence-corrected chi connectivity index (χ3v) is 5.04. The number of halogens is 2. The minimum absolute atomic E-state index is 0.00824. The summed E-state index contributed by atoms with van der Waals surface area (Å²) in [5.74, 6) is -1.22. The molecular formula is C14H13ClFNO3S. The normalized spacial score (nSPS) is 11.4. The van der Waals surface area contributed by atoms with E-state index < -0.39 is 21.4 Å². The van der Waals surface area contributed by atoms with Crippen LogP contribution in [0.5, 0.6) is 5.75 Å². The first-order chi connectivity index (χ1) is 9.85. The molecule has 112 valence electrons. The van der Waals surface area contributed by atoms with Crippen LogP contribution in [-0.2, 0) is 15.6 Å². The van der Waals surface area contributed by atoms with Gasteiger partial charge in [0.2, 0.25) is 0 Å². The van der Waals surface area contributed by atoms with Crippen LogP contribution in [0.4, 0.5) is 10.1 Å². The third kappa shape index (κ3) is 3.28. The third-order valence-electron chi connectivity index (χ3n) is 2.90. The fraction of sp³-hybridized carbons (Fsp3) is 0.143. The first-order valence-electron chi connectivity index (χ1n) is 5.94. The second-order valence-electron chi connectivity index (χ2n) is 4.38. The molecule has 0 fully saturated rings. The molecule has 0 saturated carbocycles. The van der Waals surface area contributed by atoms with Crippen molar-refractivity contribution in [3.8, 4) is 5.75 Å². The Kier molecular flexibility index (Phi) is 4.39. The Hall–Kier alpha value is -1.79. The highest BCUT2D eigenvalue weighted by molar-refractivity contribution is 7.90. The van der Waals surface area contributed by atoms with Crippen LogP contribution in [0.15, 0.2) is 41.3 Å². The minimum Gasteiger partial charge on any atom is -0.494 e. The van der Waals surface area contributed by atoms with Gasteiger partial charge in [-0.15, -0.1) is 0 Å². The Morgan fingerprint density at radius 2 is 2.00 bits per heavy atom. The van der Waals surface area contributed by atoms with Gasteiger partial charge >= 0.3 is 0 Å². The molecule has 0 bridgehead atoms. The predicted octanol–water partition coefficient (Wildman–Crippen LogP) is 3.04. The lowest BCUT2D eigenvalue weighted by Gasteiger charge is -2.10. The van der Waals surface area contributed by atoms with Gasteiger partial charge in [-0.1, -0.05) is 23.7 Å². The van der Waals surface area contributed by atoms with E-state index in [4.69, 9.17) is 22.1 Å². The molecule has 0 saturated heterocycles. The van der Waals surface area contributed by atoms with Gasteiger partial charge in [-0.05, 0) is 24.3 Å². The van der Waals surface area contributed by atoms with Crippen LogP contribution in [0.25, 0.3) is 0 Å². The molecule has 0 heterocycles. The quantitative estimate of drug-likeness (QED) is 0.875. The van der Waals surface area contributed by atoms with E-state index in [-0.39, 0.29) is 21.2 Å². The number of methoxy groups -OCH3 is 1. The van der Waals surface area contributed by atoms with Crippen molar-refractivity contribution < 1.29 is 17.5 Å². The molecule has 7 heteroatoms. The Balaban J connectivity index is 2.42. The van der Waals surface area contributed by atoms with Gasteiger partial charge in [0.1, 0.15) is 0 Å². The van der Waals surface area contributed by atoms with Crippen LogP contribution < -0.4 is 10.5 Å². The summed E-state index contributed by atoms with van der Waals surface area (Å²) in [6.07, 6.45) is 0. The van der Waals surface area contributed by atoms with Crippen molar-refractivity contribution in [1.82, 2.24) is 0 Å². The molecule has 2 rings (SSSR count). The lowest BCUT2D eigenvalue weighted by atomic mass is 10.2. The zero-order valence-corrected chi connectivity index (χ0v) is 12.7. The van der Waals surface area contributed by atoms with Gasteiger partial charge in [0.15, 0.2) is 21.4 Å². The summed E-state index contributed by atoms with van der Waals surface area (Å²) in [7, 11) is -2.48. The zero-order chi connectivity index (χ0) is 15.6. The first kappa shape index (κ1) is 15.6. The van der Waals surface area contributed by atoms with E-state index >= 15 is 0 Å². The van der Waals surface area contributed by atoms with Gasteiger partial charge in [0, 0.05) is 11.3 Å². The Bertz CT molecular complexity index is 778. The maximum absolute atomic E-state index is 14.0. The highest BCUT2D eigenvalue weighted by Crippen LogP contribution is 2.28. The van der Waals surface area contributed by atoms with Crippen molar-refractivity contribution in [3.05, 3.63) is 52.8 Å². The minimum atomic E-state index is -3.79. The summed E-state index contributed by atoms with van der Waals surface area (Å²) in [6.45, 7) is 0. The maximum Gasteiger partial charge on any atom is 0.184 e. The van der Waals surface area contributed by atoms with Crippen LogP contribution in [0.2, 0.25) is 5.02 Å². The second kappa shape index (κ2) is 5.91. The van der Waals surface area contributed by atoms with Crippen molar-refractivity contribution in [1.29, 1.82) is 0 Å². The molecule has 0 radical (unpaired) electrons. The average Bonchev–Trinajstić information content (AvgIpc) is 2.40. The highest BCUT2D eigenvalue weighted by atomic mass is 35.5. The van der Waals surface area contributed by atoms with Crippen molar-refractivity contribution in [3.63, 3.8) is 0 Å². The number of sulfone groups is 1. The number of ether oxygens (including phenoxy) is 1. The Morgan fingerprint density at radius 1 is 1.29 bits per heavy atom. The zero-order valence-electron chi connectivity index (χ0n) is 11.1. The van der Waals surface area contributed by atoms with E-state index in [1.807, 2.05) is 0 Å². The fourth-order valence-corrected chi connectivity index (χ4v) is 3.84. The monoisotopic (exact) mass is 329 g/mol. The van der Waals surface area contributed by atoms with Crippen LogP contribution in [0.1, 0.15) is 5.56 Å². The van der Waals surface area contributed by atoms with Crippen LogP contribution in [0, 0.1) is 5.82 Å². The summed E-state index contributed by atoms with van der Waals surface area (Å²) in [6, 6.07) is 8.42. The van der Waals surface area contributed by atoms with Crippen molar-refractivity contribution >= 4 is 27.1 Å². The van der Waals surface area contributed by atoms with Gasteiger partial charge in [0.25, 0.3) is 0 Å². The number of hydrogen-bond donors (Lipinski definition) is 1. The molecule has 0 aliphatic heterocycles. The molecular weight excluding hydrogens is 317 g/mol. The predicted molar refractivity (Wildman–Crippen MR) is 79.7 cm³/mol. The second-order valence-corrected chi connectivity index (χ2v) is 6.75. The Morgan fingerprint density at radius 3 is 2.62 bits per heavy atom. The molecule has 0 unspecified atom stereocenters. The lowest BCUT2D eigenvalue weighted by Crippen LogP contribution is -2.08. The summed E-state index contributed by atoms with van der Waals surface area (Å²) < 4.78 is 43.6. The average molecular weight is 330 g/mol. The molecule has 0 aliphatic carbocycles. The smallest absolute Gasteiger partial charge is 0.184 e. The van der Waals surface area contributed by atoms with Gasteiger partial charge in [0.05, 0.1) is 22.8 Å². The molecule has 2 aromatic rings. The van der Waals surface area contributed by atoms with E-state index in [1.54, 1.807) is 0 Å². The number of benzene rings is 2. The molecule has 0 atom stereocenters. The van der Waals surface area contributed by atoms with E-state index in [2.05, 4.69) is 0 Å². The molecule has 21 heavy (non-hydrogen) atoms. The Labute approximate surface area is 127 Å². The van der Waals surface area contributed by atoms with E-state index in [0.717, 1.165) is 0 Å². The van der Waals surface area contributed by atoms with Gasteiger partial charge in [-0.2, -0.15) is 0 Å². The van der Waals surface area contributed by atoms with E-state index in [1.165, 1.54) is 43.5 Å². The number of nitrogens with two attached hydrogens (primary N) is 1. The molecule has 0 spiro atoms. The summed E-state index contributed by atoms with van der Waals surface area (Å²) >= 11 is 5.90. The van der Waals surface area contributed by atoms with Gasteiger partial charge < -0.3 is 10.5 Å². The van der Waals surface area contributed by atoms with Crippen LogP contribution in [0.3, 0.4) is 0 Å². The van der Waals surface area contributed by atoms with Crippen molar-refractivity contribution in [2.24, 2.45) is 0 Å². The molecule has 0 aliphatic rings. The van der Waals surface area contributed by atoms with E-state index in [9.17, 15) is 12.8 Å². The summed E-state index contributed by atoms with van der Waals surface area (Å²) in [5, 5.41) is 0.0123. The van der Waals surface area contributed by atoms with Crippen molar-refractivity contribution in [2.75, 3.05) is 12.8 Å². The van der Waals surface area contributed by atoms with Crippen LogP contribution >= 0.6 is 11.6 Å². The SMILES string of the molecule is COc1cccc(CS(=O)(=O)c2ccc(N)cc2Cl)c1F. The molecule has 0 amide bonds. The maximum atomic E-state index is 14.0. The van der Waals surface area contributed by atoms with Crippen molar-refractivity contribution in [2.45, 2.75) is 10.6 Å². The van der Waals surface area contributed by atoms with Gasteiger partial charge in [-0.25, -0.2) is 12.8 Å². The first-order valence-corrected chi connectivity index (χ1v) is 7.97. The largest absolute Gasteiger partial charge is 0.494 e. The van der Waals surface area contributed by atoms with Crippen LogP contribution in [-0.4, -0.2) is 15.5 Å². The lowest BCUT2D eigenvalue weighted by molar-refractivity contribution is 0.385. The molecule has 0 aromatic heterocycles.